The molecule has 0 bridgehead atoms. The fraction of sp³-hybridized carbons (Fsp3) is 1.00. The van der Waals surface area contributed by atoms with Gasteiger partial charge in [-0.3, -0.25) is 4.90 Å². The first kappa shape index (κ1) is 16.2. The van der Waals surface area contributed by atoms with Crippen LogP contribution in [0.15, 0.2) is 0 Å². The van der Waals surface area contributed by atoms with Crippen molar-refractivity contribution in [1.82, 2.24) is 10.2 Å². The molecule has 2 aliphatic rings. The van der Waals surface area contributed by atoms with Crippen LogP contribution < -0.4 is 5.32 Å². The van der Waals surface area contributed by atoms with Crippen LogP contribution in [0.25, 0.3) is 0 Å². The smallest absolute Gasteiger partial charge is 0.0971 e. The van der Waals surface area contributed by atoms with Crippen molar-refractivity contribution in [3.63, 3.8) is 0 Å². The van der Waals surface area contributed by atoms with Crippen LogP contribution in [0.4, 0.5) is 0 Å². The van der Waals surface area contributed by atoms with E-state index in [9.17, 15) is 0 Å². The van der Waals surface area contributed by atoms with Gasteiger partial charge < -0.3 is 14.8 Å². The third-order valence-electron chi connectivity index (χ3n) is 5.24. The maximum atomic E-state index is 5.59. The van der Waals surface area contributed by atoms with Gasteiger partial charge in [-0.2, -0.15) is 0 Å². The van der Waals surface area contributed by atoms with Gasteiger partial charge in [0.05, 0.1) is 12.2 Å². The molecule has 1 heterocycles. The van der Waals surface area contributed by atoms with Crippen molar-refractivity contribution >= 4 is 0 Å². The molecule has 1 saturated carbocycles. The summed E-state index contributed by atoms with van der Waals surface area (Å²) in [5.41, 5.74) is 0.383. The first-order valence-electron chi connectivity index (χ1n) is 8.06. The number of nitrogens with one attached hydrogen (secondary N) is 1. The Kier molecular flexibility index (Phi) is 5.46. The predicted octanol–water partition coefficient (Wildman–Crippen LogP) is 1.89. The first-order valence-corrected chi connectivity index (χ1v) is 8.06. The topological polar surface area (TPSA) is 33.7 Å². The molecule has 20 heavy (non-hydrogen) atoms. The standard InChI is InChI=1S/C16H32N2O2/c1-6-9-17-15-12(7-8-16(15,2)3)18-10-13(19-4)14(11-18)20-5/h12-15,17H,6-11H2,1-5H3. The van der Waals surface area contributed by atoms with Gasteiger partial charge in [-0.05, 0) is 31.2 Å². The maximum Gasteiger partial charge on any atom is 0.0971 e. The van der Waals surface area contributed by atoms with E-state index >= 15 is 0 Å². The molecule has 0 radical (unpaired) electrons. The zero-order valence-electron chi connectivity index (χ0n) is 13.8. The number of nitrogens with zero attached hydrogens (tertiary/aromatic N) is 1. The molecular weight excluding hydrogens is 252 g/mol. The van der Waals surface area contributed by atoms with Gasteiger partial charge in [0.2, 0.25) is 0 Å². The van der Waals surface area contributed by atoms with E-state index in [4.69, 9.17) is 9.47 Å². The molecule has 0 aromatic rings. The summed E-state index contributed by atoms with van der Waals surface area (Å²) in [6.07, 6.45) is 4.21. The number of hydrogen-bond acceptors (Lipinski definition) is 4. The number of methoxy groups -OCH3 is 2. The van der Waals surface area contributed by atoms with E-state index in [-0.39, 0.29) is 12.2 Å². The average Bonchev–Trinajstić information content (AvgIpc) is 2.96. The van der Waals surface area contributed by atoms with Gasteiger partial charge in [-0.1, -0.05) is 20.8 Å². The summed E-state index contributed by atoms with van der Waals surface area (Å²) in [7, 11) is 3.59. The van der Waals surface area contributed by atoms with Gasteiger partial charge in [0, 0.05) is 39.4 Å². The summed E-state index contributed by atoms with van der Waals surface area (Å²) < 4.78 is 11.2. The number of rotatable bonds is 6. The van der Waals surface area contributed by atoms with Crippen LogP contribution >= 0.6 is 0 Å². The van der Waals surface area contributed by atoms with E-state index in [1.165, 1.54) is 19.3 Å². The SMILES string of the molecule is CCCNC1C(N2CC(OC)C(OC)C2)CCC1(C)C. The Bertz CT molecular complexity index is 297. The van der Waals surface area contributed by atoms with Crippen LogP contribution in [0.1, 0.15) is 40.0 Å². The van der Waals surface area contributed by atoms with Gasteiger partial charge in [-0.15, -0.1) is 0 Å². The van der Waals surface area contributed by atoms with E-state index in [0.717, 1.165) is 19.6 Å². The molecule has 1 saturated heterocycles. The van der Waals surface area contributed by atoms with Crippen LogP contribution in [0.3, 0.4) is 0 Å². The van der Waals surface area contributed by atoms with Crippen molar-refractivity contribution in [3.8, 4) is 0 Å². The van der Waals surface area contributed by atoms with Crippen molar-refractivity contribution in [2.75, 3.05) is 33.9 Å². The van der Waals surface area contributed by atoms with Gasteiger partial charge in [0.1, 0.15) is 0 Å². The summed E-state index contributed by atoms with van der Waals surface area (Å²) in [6, 6.07) is 1.20. The Balaban J connectivity index is 2.04. The minimum Gasteiger partial charge on any atom is -0.377 e. The highest BCUT2D eigenvalue weighted by Crippen LogP contribution is 2.41. The molecule has 2 fully saturated rings. The highest BCUT2D eigenvalue weighted by molar-refractivity contribution is 5.03. The Hall–Kier alpha value is -0.160. The van der Waals surface area contributed by atoms with E-state index in [2.05, 4.69) is 31.0 Å². The van der Waals surface area contributed by atoms with Crippen molar-refractivity contribution < 1.29 is 9.47 Å². The zero-order chi connectivity index (χ0) is 14.8. The number of hydrogen-bond donors (Lipinski definition) is 1. The molecule has 0 aromatic heterocycles. The van der Waals surface area contributed by atoms with Gasteiger partial charge in [-0.25, -0.2) is 0 Å². The first-order chi connectivity index (χ1) is 9.53. The second kappa shape index (κ2) is 6.73. The highest BCUT2D eigenvalue weighted by atomic mass is 16.5. The Labute approximate surface area is 124 Å². The van der Waals surface area contributed by atoms with Crippen LogP contribution in [0.2, 0.25) is 0 Å². The van der Waals surface area contributed by atoms with Crippen molar-refractivity contribution in [3.05, 3.63) is 0 Å². The van der Waals surface area contributed by atoms with Crippen LogP contribution in [0.5, 0.6) is 0 Å². The van der Waals surface area contributed by atoms with E-state index < -0.39 is 0 Å². The zero-order valence-corrected chi connectivity index (χ0v) is 13.8. The monoisotopic (exact) mass is 284 g/mol. The van der Waals surface area contributed by atoms with E-state index in [0.29, 0.717) is 17.5 Å². The summed E-state index contributed by atoms with van der Waals surface area (Å²) in [4.78, 5) is 2.59. The second-order valence-electron chi connectivity index (χ2n) is 7.03. The van der Waals surface area contributed by atoms with Gasteiger partial charge in [0.15, 0.2) is 0 Å². The van der Waals surface area contributed by atoms with Crippen molar-refractivity contribution in [2.45, 2.75) is 64.3 Å². The molecule has 4 nitrogen and oxygen atoms in total. The van der Waals surface area contributed by atoms with Crippen LogP contribution in [-0.4, -0.2) is 63.0 Å². The quantitative estimate of drug-likeness (QED) is 0.807. The van der Waals surface area contributed by atoms with Crippen LogP contribution in [0, 0.1) is 5.41 Å². The fourth-order valence-corrected chi connectivity index (χ4v) is 3.96. The second-order valence-corrected chi connectivity index (χ2v) is 7.03. The summed E-state index contributed by atoms with van der Waals surface area (Å²) in [5, 5.41) is 3.79. The van der Waals surface area contributed by atoms with Gasteiger partial charge in [0.25, 0.3) is 0 Å². The largest absolute Gasteiger partial charge is 0.377 e. The molecule has 2 rings (SSSR count). The predicted molar refractivity (Wildman–Crippen MR) is 82.1 cm³/mol. The fourth-order valence-electron chi connectivity index (χ4n) is 3.96. The molecular formula is C16H32N2O2. The van der Waals surface area contributed by atoms with Crippen LogP contribution in [-0.2, 0) is 9.47 Å². The molecule has 118 valence electrons. The average molecular weight is 284 g/mol. The molecule has 4 atom stereocenters. The molecule has 1 N–H and O–H groups in total. The third kappa shape index (κ3) is 3.19. The highest BCUT2D eigenvalue weighted by Gasteiger charge is 2.47. The Morgan fingerprint density at radius 2 is 1.75 bits per heavy atom. The lowest BCUT2D eigenvalue weighted by Gasteiger charge is -2.36. The summed E-state index contributed by atoms with van der Waals surface area (Å²) in [6.45, 7) is 10.2. The number of likely N-dealkylation sites (tertiary alicyclic amines) is 1. The minimum absolute atomic E-state index is 0.218. The summed E-state index contributed by atoms with van der Waals surface area (Å²) in [5.74, 6) is 0. The van der Waals surface area contributed by atoms with E-state index in [1.807, 2.05) is 0 Å². The summed E-state index contributed by atoms with van der Waals surface area (Å²) >= 11 is 0. The van der Waals surface area contributed by atoms with E-state index in [1.54, 1.807) is 14.2 Å². The molecule has 4 heteroatoms. The molecule has 1 aliphatic carbocycles. The Morgan fingerprint density at radius 3 is 2.25 bits per heavy atom. The lowest BCUT2D eigenvalue weighted by Crippen LogP contribution is -2.51. The molecule has 4 unspecified atom stereocenters. The lowest BCUT2D eigenvalue weighted by atomic mass is 9.86. The molecule has 0 aromatic carbocycles. The molecule has 0 amide bonds. The minimum atomic E-state index is 0.218. The normalized spacial score (nSPS) is 37.6. The van der Waals surface area contributed by atoms with Crippen molar-refractivity contribution in [2.24, 2.45) is 5.41 Å². The lowest BCUT2D eigenvalue weighted by molar-refractivity contribution is -0.00461. The molecule has 0 spiro atoms. The van der Waals surface area contributed by atoms with Crippen molar-refractivity contribution in [1.29, 1.82) is 0 Å². The number of ether oxygens (including phenoxy) is 2. The third-order valence-corrected chi connectivity index (χ3v) is 5.24. The maximum absolute atomic E-state index is 5.59. The van der Waals surface area contributed by atoms with Gasteiger partial charge >= 0.3 is 0 Å². The Morgan fingerprint density at radius 1 is 1.15 bits per heavy atom. The molecule has 1 aliphatic heterocycles.